The van der Waals surface area contributed by atoms with Crippen molar-refractivity contribution in [2.45, 2.75) is 30.7 Å². The molecule has 0 atom stereocenters. The van der Waals surface area contributed by atoms with Crippen LogP contribution in [0, 0.1) is 0 Å². The molecule has 0 aromatic heterocycles. The monoisotopic (exact) mass is 375 g/mol. The van der Waals surface area contributed by atoms with Gasteiger partial charge in [0.25, 0.3) is 0 Å². The molecule has 21 heavy (non-hydrogen) atoms. The van der Waals surface area contributed by atoms with Gasteiger partial charge in [0, 0.05) is 23.2 Å². The topological polar surface area (TPSA) is 66.6 Å². The molecular formula is C14H22BrN3O2S. The molecular weight excluding hydrogens is 354 g/mol. The lowest BCUT2D eigenvalue weighted by Gasteiger charge is -2.35. The summed E-state index contributed by atoms with van der Waals surface area (Å²) >= 11 is 3.29. The number of hydrogen-bond acceptors (Lipinski definition) is 4. The zero-order valence-corrected chi connectivity index (χ0v) is 14.8. The largest absolute Gasteiger partial charge is 0.398 e. The summed E-state index contributed by atoms with van der Waals surface area (Å²) in [5.74, 6) is 0. The lowest BCUT2D eigenvalue weighted by Crippen LogP contribution is -2.45. The first-order chi connectivity index (χ1) is 9.86. The molecule has 1 aromatic rings. The van der Waals surface area contributed by atoms with E-state index >= 15 is 0 Å². The summed E-state index contributed by atoms with van der Waals surface area (Å²) in [6.07, 6.45) is 1.75. The molecule has 1 aliphatic rings. The SMILES string of the molecule is CCN1CCC(N(C)S(=O)(=O)c2ccc(N)c(Br)c2)CC1. The van der Waals surface area contributed by atoms with Crippen LogP contribution in [0.4, 0.5) is 5.69 Å². The summed E-state index contributed by atoms with van der Waals surface area (Å²) in [5, 5.41) is 0. The lowest BCUT2D eigenvalue weighted by atomic mass is 10.1. The molecule has 118 valence electrons. The number of benzene rings is 1. The number of anilines is 1. The summed E-state index contributed by atoms with van der Waals surface area (Å²) in [7, 11) is -1.80. The number of nitrogens with two attached hydrogens (primary N) is 1. The molecule has 1 heterocycles. The molecule has 1 saturated heterocycles. The highest BCUT2D eigenvalue weighted by Crippen LogP contribution is 2.27. The highest BCUT2D eigenvalue weighted by Gasteiger charge is 2.30. The predicted molar refractivity (Wildman–Crippen MR) is 88.6 cm³/mol. The lowest BCUT2D eigenvalue weighted by molar-refractivity contribution is 0.176. The zero-order valence-electron chi connectivity index (χ0n) is 12.4. The average Bonchev–Trinajstić information content (AvgIpc) is 2.49. The Kier molecular flexibility index (Phi) is 5.29. The fourth-order valence-electron chi connectivity index (χ4n) is 2.63. The molecule has 2 rings (SSSR count). The van der Waals surface area contributed by atoms with Crippen LogP contribution in [-0.4, -0.2) is 50.3 Å². The van der Waals surface area contributed by atoms with Gasteiger partial charge in [0.1, 0.15) is 0 Å². The van der Waals surface area contributed by atoms with Crippen LogP contribution in [0.5, 0.6) is 0 Å². The van der Waals surface area contributed by atoms with Crippen LogP contribution in [0.25, 0.3) is 0 Å². The number of rotatable bonds is 4. The first kappa shape index (κ1) is 16.7. The molecule has 5 nitrogen and oxygen atoms in total. The van der Waals surface area contributed by atoms with Crippen molar-refractivity contribution in [2.24, 2.45) is 0 Å². The molecule has 0 radical (unpaired) electrons. The van der Waals surface area contributed by atoms with Crippen LogP contribution in [0.15, 0.2) is 27.6 Å². The van der Waals surface area contributed by atoms with E-state index in [1.165, 1.54) is 4.31 Å². The van der Waals surface area contributed by atoms with E-state index in [1.54, 1.807) is 25.2 Å². The van der Waals surface area contributed by atoms with E-state index in [4.69, 9.17) is 5.73 Å². The van der Waals surface area contributed by atoms with Crippen molar-refractivity contribution < 1.29 is 8.42 Å². The van der Waals surface area contributed by atoms with Gasteiger partial charge in [0.15, 0.2) is 0 Å². The normalized spacial score (nSPS) is 18.3. The van der Waals surface area contributed by atoms with Gasteiger partial charge in [-0.15, -0.1) is 0 Å². The molecule has 0 bridgehead atoms. The Morgan fingerprint density at radius 1 is 1.38 bits per heavy atom. The maximum absolute atomic E-state index is 12.7. The molecule has 0 aliphatic carbocycles. The van der Waals surface area contributed by atoms with Crippen molar-refractivity contribution in [1.82, 2.24) is 9.21 Å². The molecule has 0 spiro atoms. The fraction of sp³-hybridized carbons (Fsp3) is 0.571. The molecule has 0 amide bonds. The number of hydrogen-bond donors (Lipinski definition) is 1. The number of sulfonamides is 1. The Hall–Kier alpha value is -0.630. The smallest absolute Gasteiger partial charge is 0.243 e. The maximum Gasteiger partial charge on any atom is 0.243 e. The molecule has 0 saturated carbocycles. The van der Waals surface area contributed by atoms with E-state index in [-0.39, 0.29) is 10.9 Å². The minimum Gasteiger partial charge on any atom is -0.398 e. The van der Waals surface area contributed by atoms with E-state index in [0.717, 1.165) is 32.5 Å². The third-order valence-electron chi connectivity index (χ3n) is 4.17. The summed E-state index contributed by atoms with van der Waals surface area (Å²) < 4.78 is 27.5. The van der Waals surface area contributed by atoms with Crippen LogP contribution in [-0.2, 0) is 10.0 Å². The maximum atomic E-state index is 12.7. The quantitative estimate of drug-likeness (QED) is 0.818. The molecule has 1 aliphatic heterocycles. The third-order valence-corrected chi connectivity index (χ3v) is 6.76. The highest BCUT2D eigenvalue weighted by atomic mass is 79.9. The van der Waals surface area contributed by atoms with Crippen molar-refractivity contribution in [3.63, 3.8) is 0 Å². The van der Waals surface area contributed by atoms with Gasteiger partial charge in [-0.3, -0.25) is 0 Å². The third kappa shape index (κ3) is 3.59. The predicted octanol–water partition coefficient (Wildman–Crippen LogP) is 2.14. The second-order valence-corrected chi connectivity index (χ2v) is 8.22. The first-order valence-corrected chi connectivity index (χ1v) is 9.35. The van der Waals surface area contributed by atoms with Gasteiger partial charge < -0.3 is 10.6 Å². The standard InChI is InChI=1S/C14H22BrN3O2S/c1-3-18-8-6-11(7-9-18)17(2)21(19,20)12-4-5-14(16)13(15)10-12/h4-5,10-11H,3,6-9,16H2,1-2H3. The second-order valence-electron chi connectivity index (χ2n) is 5.37. The Morgan fingerprint density at radius 3 is 2.52 bits per heavy atom. The summed E-state index contributed by atoms with van der Waals surface area (Å²) in [6.45, 7) is 5.06. The van der Waals surface area contributed by atoms with Gasteiger partial charge in [0.2, 0.25) is 10.0 Å². The Bertz CT molecular complexity index is 598. The molecule has 1 aromatic carbocycles. The van der Waals surface area contributed by atoms with Crippen LogP contribution in [0.2, 0.25) is 0 Å². The van der Waals surface area contributed by atoms with E-state index in [0.29, 0.717) is 10.2 Å². The number of nitrogens with zero attached hydrogens (tertiary/aromatic N) is 2. The molecule has 1 fully saturated rings. The number of halogens is 1. The number of piperidine rings is 1. The number of likely N-dealkylation sites (tertiary alicyclic amines) is 1. The average molecular weight is 376 g/mol. The second kappa shape index (κ2) is 6.64. The van der Waals surface area contributed by atoms with Gasteiger partial charge in [-0.25, -0.2) is 8.42 Å². The van der Waals surface area contributed by atoms with Gasteiger partial charge in [-0.1, -0.05) is 6.92 Å². The van der Waals surface area contributed by atoms with Crippen molar-refractivity contribution in [3.8, 4) is 0 Å². The van der Waals surface area contributed by atoms with E-state index in [2.05, 4.69) is 27.8 Å². The van der Waals surface area contributed by atoms with E-state index < -0.39 is 10.0 Å². The summed E-state index contributed by atoms with van der Waals surface area (Å²) in [4.78, 5) is 2.63. The van der Waals surface area contributed by atoms with Crippen molar-refractivity contribution >= 4 is 31.6 Å². The fourth-order valence-corrected chi connectivity index (χ4v) is 4.60. The Balaban J connectivity index is 2.17. The van der Waals surface area contributed by atoms with Crippen LogP contribution in [0.3, 0.4) is 0 Å². The molecule has 2 N–H and O–H groups in total. The van der Waals surface area contributed by atoms with Crippen LogP contribution in [0.1, 0.15) is 19.8 Å². The van der Waals surface area contributed by atoms with Gasteiger partial charge >= 0.3 is 0 Å². The Morgan fingerprint density at radius 2 is 2.00 bits per heavy atom. The van der Waals surface area contributed by atoms with Crippen LogP contribution < -0.4 is 5.73 Å². The minimum absolute atomic E-state index is 0.0640. The first-order valence-electron chi connectivity index (χ1n) is 7.11. The van der Waals surface area contributed by atoms with Crippen molar-refractivity contribution in [2.75, 3.05) is 32.4 Å². The van der Waals surface area contributed by atoms with Crippen molar-refractivity contribution in [1.29, 1.82) is 0 Å². The number of nitrogen functional groups attached to an aromatic ring is 1. The summed E-state index contributed by atoms with van der Waals surface area (Å²) in [5.41, 5.74) is 6.26. The van der Waals surface area contributed by atoms with E-state index in [1.807, 2.05) is 0 Å². The van der Waals surface area contributed by atoms with E-state index in [9.17, 15) is 8.42 Å². The Labute approximate surface area is 135 Å². The van der Waals surface area contributed by atoms with Crippen molar-refractivity contribution in [3.05, 3.63) is 22.7 Å². The van der Waals surface area contributed by atoms with Gasteiger partial charge in [-0.05, 0) is 66.6 Å². The van der Waals surface area contributed by atoms with Gasteiger partial charge in [-0.2, -0.15) is 4.31 Å². The molecule has 7 heteroatoms. The molecule has 0 unspecified atom stereocenters. The zero-order chi connectivity index (χ0) is 15.6. The minimum atomic E-state index is -3.47. The summed E-state index contributed by atoms with van der Waals surface area (Å²) in [6, 6.07) is 4.81. The highest BCUT2D eigenvalue weighted by molar-refractivity contribution is 9.10. The van der Waals surface area contributed by atoms with Crippen LogP contribution >= 0.6 is 15.9 Å². The van der Waals surface area contributed by atoms with Gasteiger partial charge in [0.05, 0.1) is 4.90 Å².